The molecule has 0 aliphatic carbocycles. The third-order valence-corrected chi connectivity index (χ3v) is 4.58. The number of benzene rings is 2. The van der Waals surface area contributed by atoms with Crippen LogP contribution in [0.25, 0.3) is 0 Å². The SMILES string of the molecule is CN1CCCCC1C(=O)NC(=S)Nc1cccc(Oc2ccccc2)c1. The Bertz CT molecular complexity index is 767. The van der Waals surface area contributed by atoms with Crippen LogP contribution in [0.4, 0.5) is 5.69 Å². The first-order valence-electron chi connectivity index (χ1n) is 8.77. The van der Waals surface area contributed by atoms with Crippen LogP contribution in [0.2, 0.25) is 0 Å². The number of rotatable bonds is 4. The summed E-state index contributed by atoms with van der Waals surface area (Å²) in [5, 5.41) is 6.15. The van der Waals surface area contributed by atoms with Gasteiger partial charge in [0, 0.05) is 11.8 Å². The number of nitrogens with zero attached hydrogens (tertiary/aromatic N) is 1. The zero-order valence-corrected chi connectivity index (χ0v) is 15.6. The van der Waals surface area contributed by atoms with Crippen molar-refractivity contribution in [1.82, 2.24) is 10.2 Å². The Labute approximate surface area is 159 Å². The Balaban J connectivity index is 1.57. The second kappa shape index (κ2) is 8.78. The number of carbonyl (C=O) groups excluding carboxylic acids is 1. The van der Waals surface area contributed by atoms with E-state index in [2.05, 4.69) is 15.5 Å². The molecule has 2 aromatic rings. The molecule has 1 unspecified atom stereocenters. The number of hydrogen-bond donors (Lipinski definition) is 2. The lowest BCUT2D eigenvalue weighted by Crippen LogP contribution is -2.49. The maximum Gasteiger partial charge on any atom is 0.243 e. The van der Waals surface area contributed by atoms with E-state index in [9.17, 15) is 4.79 Å². The van der Waals surface area contributed by atoms with E-state index in [0.29, 0.717) is 10.9 Å². The highest BCUT2D eigenvalue weighted by Crippen LogP contribution is 2.23. The van der Waals surface area contributed by atoms with Gasteiger partial charge in [-0.25, -0.2) is 0 Å². The van der Waals surface area contributed by atoms with Gasteiger partial charge in [-0.2, -0.15) is 0 Å². The van der Waals surface area contributed by atoms with Gasteiger partial charge >= 0.3 is 0 Å². The van der Waals surface area contributed by atoms with Gasteiger partial charge < -0.3 is 15.4 Å². The molecule has 0 radical (unpaired) electrons. The molecule has 0 aromatic heterocycles. The van der Waals surface area contributed by atoms with E-state index >= 15 is 0 Å². The number of hydrogen-bond acceptors (Lipinski definition) is 4. The van der Waals surface area contributed by atoms with Gasteiger partial charge in [0.15, 0.2) is 5.11 Å². The van der Waals surface area contributed by atoms with Crippen LogP contribution in [0, 0.1) is 0 Å². The highest BCUT2D eigenvalue weighted by atomic mass is 32.1. The fourth-order valence-electron chi connectivity index (χ4n) is 3.03. The summed E-state index contributed by atoms with van der Waals surface area (Å²) in [4.78, 5) is 14.5. The molecule has 1 amide bonds. The van der Waals surface area contributed by atoms with E-state index in [1.54, 1.807) is 0 Å². The summed E-state index contributed by atoms with van der Waals surface area (Å²) in [6.45, 7) is 0.942. The number of likely N-dealkylation sites (tertiary alicyclic amines) is 1. The van der Waals surface area contributed by atoms with Crippen molar-refractivity contribution >= 4 is 28.9 Å². The first-order chi connectivity index (χ1) is 12.6. The maximum absolute atomic E-state index is 12.4. The van der Waals surface area contributed by atoms with E-state index in [-0.39, 0.29) is 11.9 Å². The summed E-state index contributed by atoms with van der Waals surface area (Å²) in [5.74, 6) is 1.41. The Morgan fingerprint density at radius 3 is 2.65 bits per heavy atom. The fraction of sp³-hybridized carbons (Fsp3) is 0.300. The van der Waals surface area contributed by atoms with Gasteiger partial charge in [0.25, 0.3) is 0 Å². The topological polar surface area (TPSA) is 53.6 Å². The van der Waals surface area contributed by atoms with Crippen molar-refractivity contribution in [2.45, 2.75) is 25.3 Å². The largest absolute Gasteiger partial charge is 0.457 e. The minimum atomic E-state index is -0.115. The number of anilines is 1. The van der Waals surface area contributed by atoms with Gasteiger partial charge in [0.1, 0.15) is 11.5 Å². The first-order valence-corrected chi connectivity index (χ1v) is 9.18. The zero-order valence-electron chi connectivity index (χ0n) is 14.8. The summed E-state index contributed by atoms with van der Waals surface area (Å²) in [6.07, 6.45) is 3.07. The standard InChI is InChI=1S/C20H23N3O2S/c1-23-13-6-5-12-18(23)19(24)22-20(26)21-15-8-7-11-17(14-15)25-16-9-3-2-4-10-16/h2-4,7-11,14,18H,5-6,12-13H2,1H3,(H2,21,22,24,26). The molecule has 1 aliphatic rings. The van der Waals surface area contributed by atoms with Crippen LogP contribution in [0.15, 0.2) is 54.6 Å². The van der Waals surface area contributed by atoms with E-state index < -0.39 is 0 Å². The molecule has 5 nitrogen and oxygen atoms in total. The molecule has 1 atom stereocenters. The third kappa shape index (κ3) is 5.03. The molecule has 1 saturated heterocycles. The zero-order chi connectivity index (χ0) is 18.4. The van der Waals surface area contributed by atoms with Crippen molar-refractivity contribution in [2.75, 3.05) is 18.9 Å². The number of ether oxygens (including phenoxy) is 1. The fourth-order valence-corrected chi connectivity index (χ4v) is 3.24. The average Bonchev–Trinajstić information content (AvgIpc) is 2.63. The maximum atomic E-state index is 12.4. The summed E-state index contributed by atoms with van der Waals surface area (Å²) < 4.78 is 5.81. The van der Waals surface area contributed by atoms with Crippen LogP contribution in [-0.2, 0) is 4.79 Å². The van der Waals surface area contributed by atoms with Crippen LogP contribution >= 0.6 is 12.2 Å². The number of amides is 1. The van der Waals surface area contributed by atoms with Crippen LogP contribution in [0.5, 0.6) is 11.5 Å². The van der Waals surface area contributed by atoms with Crippen LogP contribution in [0.1, 0.15) is 19.3 Å². The molecule has 2 N–H and O–H groups in total. The summed E-state index contributed by atoms with van der Waals surface area (Å²) in [7, 11) is 1.98. The number of likely N-dealkylation sites (N-methyl/N-ethyl adjacent to an activating group) is 1. The Kier molecular flexibility index (Phi) is 6.20. The van der Waals surface area contributed by atoms with E-state index in [1.165, 1.54) is 0 Å². The predicted octanol–water partition coefficient (Wildman–Crippen LogP) is 3.78. The van der Waals surface area contributed by atoms with Crippen LogP contribution in [-0.4, -0.2) is 35.6 Å². The minimum absolute atomic E-state index is 0.0543. The summed E-state index contributed by atoms with van der Waals surface area (Å²) >= 11 is 5.29. The molecule has 0 spiro atoms. The molecule has 6 heteroatoms. The van der Waals surface area contributed by atoms with E-state index in [4.69, 9.17) is 17.0 Å². The highest BCUT2D eigenvalue weighted by molar-refractivity contribution is 7.80. The normalized spacial score (nSPS) is 17.3. The average molecular weight is 369 g/mol. The van der Waals surface area contributed by atoms with Gasteiger partial charge in [0.2, 0.25) is 5.91 Å². The summed E-state index contributed by atoms with van der Waals surface area (Å²) in [5.41, 5.74) is 0.765. The molecule has 1 aliphatic heterocycles. The van der Waals surface area contributed by atoms with Crippen molar-refractivity contribution < 1.29 is 9.53 Å². The molecule has 136 valence electrons. The quantitative estimate of drug-likeness (QED) is 0.804. The lowest BCUT2D eigenvalue weighted by molar-refractivity contribution is -0.125. The van der Waals surface area contributed by atoms with E-state index in [1.807, 2.05) is 61.6 Å². The van der Waals surface area contributed by atoms with Crippen molar-refractivity contribution in [3.63, 3.8) is 0 Å². The molecule has 26 heavy (non-hydrogen) atoms. The highest BCUT2D eigenvalue weighted by Gasteiger charge is 2.26. The molecule has 0 bridgehead atoms. The van der Waals surface area contributed by atoms with E-state index in [0.717, 1.165) is 37.2 Å². The molecule has 1 fully saturated rings. The number of piperidine rings is 1. The van der Waals surface area contributed by atoms with Gasteiger partial charge in [-0.15, -0.1) is 0 Å². The van der Waals surface area contributed by atoms with Crippen LogP contribution < -0.4 is 15.4 Å². The molecule has 3 rings (SSSR count). The van der Waals surface area contributed by atoms with Crippen molar-refractivity contribution in [3.05, 3.63) is 54.6 Å². The second-order valence-electron chi connectivity index (χ2n) is 6.38. The smallest absolute Gasteiger partial charge is 0.243 e. The first kappa shape index (κ1) is 18.4. The second-order valence-corrected chi connectivity index (χ2v) is 6.79. The Morgan fingerprint density at radius 1 is 1.12 bits per heavy atom. The molecule has 1 heterocycles. The van der Waals surface area contributed by atoms with Gasteiger partial charge in [-0.3, -0.25) is 9.69 Å². The lowest BCUT2D eigenvalue weighted by Gasteiger charge is -2.31. The Hall–Kier alpha value is -2.44. The van der Waals surface area contributed by atoms with Crippen LogP contribution in [0.3, 0.4) is 0 Å². The molecule has 0 saturated carbocycles. The number of para-hydroxylation sites is 1. The molecular weight excluding hydrogens is 346 g/mol. The van der Waals surface area contributed by atoms with Crippen molar-refractivity contribution in [1.29, 1.82) is 0 Å². The van der Waals surface area contributed by atoms with Crippen molar-refractivity contribution in [3.8, 4) is 11.5 Å². The monoisotopic (exact) mass is 369 g/mol. The Morgan fingerprint density at radius 2 is 1.88 bits per heavy atom. The number of carbonyl (C=O) groups is 1. The molecule has 2 aromatic carbocycles. The van der Waals surface area contributed by atoms with Crippen molar-refractivity contribution in [2.24, 2.45) is 0 Å². The lowest BCUT2D eigenvalue weighted by atomic mass is 10.0. The van der Waals surface area contributed by atoms with Gasteiger partial charge in [-0.05, 0) is 62.9 Å². The van der Waals surface area contributed by atoms with Gasteiger partial charge in [-0.1, -0.05) is 30.7 Å². The molecular formula is C20H23N3O2S. The number of nitrogens with one attached hydrogen (secondary N) is 2. The summed E-state index contributed by atoms with van der Waals surface area (Å²) in [6, 6.07) is 16.9. The predicted molar refractivity (Wildman–Crippen MR) is 108 cm³/mol. The van der Waals surface area contributed by atoms with Gasteiger partial charge in [0.05, 0.1) is 6.04 Å². The number of thiocarbonyl (C=S) groups is 1. The third-order valence-electron chi connectivity index (χ3n) is 4.38. The minimum Gasteiger partial charge on any atom is -0.457 e.